The number of nitrogens with zero attached hydrogens (tertiary/aromatic N) is 1. The van der Waals surface area contributed by atoms with E-state index in [0.717, 1.165) is 5.56 Å². The molecule has 0 amide bonds. The molecule has 2 rings (SSSR count). The van der Waals surface area contributed by atoms with E-state index < -0.39 is 4.92 Å². The second kappa shape index (κ2) is 6.14. The molecule has 5 heteroatoms. The van der Waals surface area contributed by atoms with Gasteiger partial charge >= 0.3 is 0 Å². The third-order valence-corrected chi connectivity index (χ3v) is 3.02. The molecule has 1 N–H and O–H groups in total. The van der Waals surface area contributed by atoms with Gasteiger partial charge in [-0.15, -0.1) is 0 Å². The number of aryl methyl sites for hydroxylation is 1. The molecule has 0 aliphatic rings. The van der Waals surface area contributed by atoms with Crippen molar-refractivity contribution in [3.8, 4) is 0 Å². The first-order valence-electron chi connectivity index (χ1n) is 6.30. The maximum Gasteiger partial charge on any atom is 0.292 e. The van der Waals surface area contributed by atoms with Crippen molar-refractivity contribution in [3.05, 3.63) is 69.5 Å². The van der Waals surface area contributed by atoms with E-state index in [4.69, 9.17) is 0 Å². The van der Waals surface area contributed by atoms with Gasteiger partial charge in [0.25, 0.3) is 5.69 Å². The summed E-state index contributed by atoms with van der Waals surface area (Å²) in [5.41, 5.74) is 1.92. The summed E-state index contributed by atoms with van der Waals surface area (Å²) in [6, 6.07) is 11.5. The summed E-state index contributed by atoms with van der Waals surface area (Å²) < 4.78 is 13.4. The molecule has 0 saturated carbocycles. The Labute approximate surface area is 116 Å². The van der Waals surface area contributed by atoms with Crippen LogP contribution in [0.5, 0.6) is 0 Å². The molecule has 0 atom stereocenters. The number of nitro groups is 1. The van der Waals surface area contributed by atoms with Gasteiger partial charge in [0, 0.05) is 12.6 Å². The van der Waals surface area contributed by atoms with Crippen LogP contribution in [-0.4, -0.2) is 11.5 Å². The van der Waals surface area contributed by atoms with Crippen LogP contribution in [-0.2, 0) is 6.42 Å². The Morgan fingerprint density at radius 1 is 1.25 bits per heavy atom. The number of anilines is 1. The molecule has 104 valence electrons. The highest BCUT2D eigenvalue weighted by Gasteiger charge is 2.13. The highest BCUT2D eigenvalue weighted by atomic mass is 19.1. The molecule has 20 heavy (non-hydrogen) atoms. The van der Waals surface area contributed by atoms with Crippen LogP contribution >= 0.6 is 0 Å². The second-order valence-corrected chi connectivity index (χ2v) is 4.55. The molecule has 0 heterocycles. The van der Waals surface area contributed by atoms with Crippen molar-refractivity contribution in [2.45, 2.75) is 13.3 Å². The van der Waals surface area contributed by atoms with Crippen LogP contribution in [0.1, 0.15) is 11.1 Å². The van der Waals surface area contributed by atoms with E-state index >= 15 is 0 Å². The molecular formula is C15H15FN2O2. The van der Waals surface area contributed by atoms with Crippen LogP contribution in [0, 0.1) is 22.9 Å². The zero-order valence-electron chi connectivity index (χ0n) is 11.1. The summed E-state index contributed by atoms with van der Waals surface area (Å²) in [4.78, 5) is 10.5. The summed E-state index contributed by atoms with van der Waals surface area (Å²) in [5, 5.41) is 14.0. The third kappa shape index (κ3) is 3.32. The van der Waals surface area contributed by atoms with E-state index in [-0.39, 0.29) is 11.5 Å². The average molecular weight is 274 g/mol. The number of benzene rings is 2. The van der Waals surface area contributed by atoms with Crippen LogP contribution in [0.4, 0.5) is 15.8 Å². The van der Waals surface area contributed by atoms with Gasteiger partial charge in [-0.3, -0.25) is 10.1 Å². The molecule has 0 aromatic heterocycles. The molecule has 0 spiro atoms. The van der Waals surface area contributed by atoms with Gasteiger partial charge < -0.3 is 5.32 Å². The van der Waals surface area contributed by atoms with E-state index in [1.54, 1.807) is 37.3 Å². The van der Waals surface area contributed by atoms with Gasteiger partial charge in [0.1, 0.15) is 11.5 Å². The van der Waals surface area contributed by atoms with Crippen molar-refractivity contribution in [1.29, 1.82) is 0 Å². The standard InChI is InChI=1S/C15H15FN2O2/c1-11-6-7-14(15(10-11)18(19)20)17-9-8-12-4-2-3-5-13(12)16/h2-7,10,17H,8-9H2,1H3. The zero-order valence-corrected chi connectivity index (χ0v) is 11.1. The van der Waals surface area contributed by atoms with Gasteiger partial charge in [0.05, 0.1) is 4.92 Å². The summed E-state index contributed by atoms with van der Waals surface area (Å²) in [6.07, 6.45) is 0.470. The predicted molar refractivity (Wildman–Crippen MR) is 76.4 cm³/mol. The van der Waals surface area contributed by atoms with Gasteiger partial charge in [0.2, 0.25) is 0 Å². The fourth-order valence-electron chi connectivity index (χ4n) is 1.98. The van der Waals surface area contributed by atoms with Gasteiger partial charge in [-0.05, 0) is 36.6 Å². The molecule has 0 bridgehead atoms. The van der Waals surface area contributed by atoms with Crippen LogP contribution in [0.3, 0.4) is 0 Å². The van der Waals surface area contributed by atoms with Crippen molar-refractivity contribution in [1.82, 2.24) is 0 Å². The minimum Gasteiger partial charge on any atom is -0.379 e. The molecule has 0 aliphatic carbocycles. The number of rotatable bonds is 5. The Balaban J connectivity index is 2.05. The third-order valence-electron chi connectivity index (χ3n) is 3.02. The molecular weight excluding hydrogens is 259 g/mol. The lowest BCUT2D eigenvalue weighted by molar-refractivity contribution is -0.384. The number of hydrogen-bond acceptors (Lipinski definition) is 3. The lowest BCUT2D eigenvalue weighted by Gasteiger charge is -2.08. The van der Waals surface area contributed by atoms with E-state index in [9.17, 15) is 14.5 Å². The number of nitro benzene ring substituents is 1. The highest BCUT2D eigenvalue weighted by Crippen LogP contribution is 2.25. The summed E-state index contributed by atoms with van der Waals surface area (Å²) >= 11 is 0. The average Bonchev–Trinajstić information content (AvgIpc) is 2.42. The van der Waals surface area contributed by atoms with Crippen molar-refractivity contribution < 1.29 is 9.31 Å². The topological polar surface area (TPSA) is 55.2 Å². The van der Waals surface area contributed by atoms with E-state index in [2.05, 4.69) is 5.32 Å². The first-order chi connectivity index (χ1) is 9.58. The monoisotopic (exact) mass is 274 g/mol. The Hall–Kier alpha value is -2.43. The summed E-state index contributed by atoms with van der Waals surface area (Å²) in [7, 11) is 0. The number of nitrogens with one attached hydrogen (secondary N) is 1. The second-order valence-electron chi connectivity index (χ2n) is 4.55. The van der Waals surface area contributed by atoms with E-state index in [0.29, 0.717) is 24.2 Å². The van der Waals surface area contributed by atoms with Crippen molar-refractivity contribution >= 4 is 11.4 Å². The predicted octanol–water partition coefficient (Wildman–Crippen LogP) is 3.70. The quantitative estimate of drug-likeness (QED) is 0.668. The fraction of sp³-hybridized carbons (Fsp3) is 0.200. The van der Waals surface area contributed by atoms with Crippen molar-refractivity contribution in [3.63, 3.8) is 0 Å². The molecule has 0 fully saturated rings. The van der Waals surface area contributed by atoms with Crippen LogP contribution < -0.4 is 5.32 Å². The van der Waals surface area contributed by atoms with Crippen molar-refractivity contribution in [2.75, 3.05) is 11.9 Å². The summed E-state index contributed by atoms with van der Waals surface area (Å²) in [6.45, 7) is 2.24. The first-order valence-corrected chi connectivity index (χ1v) is 6.30. The maximum atomic E-state index is 13.4. The van der Waals surface area contributed by atoms with Gasteiger partial charge in [-0.2, -0.15) is 0 Å². The smallest absolute Gasteiger partial charge is 0.292 e. The Morgan fingerprint density at radius 2 is 2.00 bits per heavy atom. The number of hydrogen-bond donors (Lipinski definition) is 1. The first kappa shape index (κ1) is 14.0. The molecule has 0 aliphatic heterocycles. The van der Waals surface area contributed by atoms with Crippen LogP contribution in [0.15, 0.2) is 42.5 Å². The van der Waals surface area contributed by atoms with Crippen LogP contribution in [0.25, 0.3) is 0 Å². The summed E-state index contributed by atoms with van der Waals surface area (Å²) in [5.74, 6) is -0.257. The highest BCUT2D eigenvalue weighted by molar-refractivity contribution is 5.62. The maximum absolute atomic E-state index is 13.4. The molecule has 4 nitrogen and oxygen atoms in total. The Morgan fingerprint density at radius 3 is 2.70 bits per heavy atom. The van der Waals surface area contributed by atoms with Crippen molar-refractivity contribution in [2.24, 2.45) is 0 Å². The molecule has 0 saturated heterocycles. The van der Waals surface area contributed by atoms with Gasteiger partial charge in [-0.1, -0.05) is 24.3 Å². The molecule has 2 aromatic rings. The lowest BCUT2D eigenvalue weighted by atomic mass is 10.1. The van der Waals surface area contributed by atoms with Crippen LogP contribution in [0.2, 0.25) is 0 Å². The normalized spacial score (nSPS) is 10.3. The lowest BCUT2D eigenvalue weighted by Crippen LogP contribution is -2.08. The number of halogens is 1. The minimum atomic E-state index is -0.418. The largest absolute Gasteiger partial charge is 0.379 e. The molecule has 0 unspecified atom stereocenters. The van der Waals surface area contributed by atoms with E-state index in [1.807, 2.05) is 0 Å². The van der Waals surface area contributed by atoms with Gasteiger partial charge in [-0.25, -0.2) is 4.39 Å². The SMILES string of the molecule is Cc1ccc(NCCc2ccccc2F)c([N+](=O)[O-])c1. The fourth-order valence-corrected chi connectivity index (χ4v) is 1.98. The Bertz CT molecular complexity index is 629. The Kier molecular flexibility index (Phi) is 4.30. The van der Waals surface area contributed by atoms with Gasteiger partial charge in [0.15, 0.2) is 0 Å². The zero-order chi connectivity index (χ0) is 14.5. The molecule has 0 radical (unpaired) electrons. The van der Waals surface area contributed by atoms with E-state index in [1.165, 1.54) is 12.1 Å². The molecule has 2 aromatic carbocycles. The minimum absolute atomic E-state index is 0.0403.